The number of amides is 1. The van der Waals surface area contributed by atoms with E-state index in [9.17, 15) is 30.3 Å². The van der Waals surface area contributed by atoms with E-state index >= 15 is 0 Å². The number of unbranched alkanes of at least 4 members (excludes halogenated alkanes) is 26. The highest BCUT2D eigenvalue weighted by molar-refractivity contribution is 5.76. The van der Waals surface area contributed by atoms with Crippen molar-refractivity contribution >= 4 is 5.91 Å². The molecule has 7 unspecified atom stereocenters. The SMILES string of the molecule is CC/C=C\C/C=C\C/C=C\C/C=C\C/C=C\C/C=C\CCCCCCCCCCCCCCCCCCC(=O)NC(COC1OC(CO)C(O)C(O)C1O)C(O)/C=C/CC/C=C/CC/C=C/CCCCCCCCCC. The number of allylic oxidation sites excluding steroid dienone is 17. The fourth-order valence-electron chi connectivity index (χ4n) is 9.19. The Hall–Kier alpha value is -3.15. The average molecular weight is 1060 g/mol. The van der Waals surface area contributed by atoms with Crippen molar-refractivity contribution in [1.29, 1.82) is 0 Å². The number of hydrogen-bond donors (Lipinski definition) is 6. The first-order valence-electron chi connectivity index (χ1n) is 31.1. The van der Waals surface area contributed by atoms with Crippen LogP contribution in [0.2, 0.25) is 0 Å². The molecule has 1 fully saturated rings. The molecule has 436 valence electrons. The number of hydrogen-bond acceptors (Lipinski definition) is 8. The highest BCUT2D eigenvalue weighted by atomic mass is 16.7. The Morgan fingerprint density at radius 2 is 0.829 bits per heavy atom. The molecule has 1 heterocycles. The fourth-order valence-corrected chi connectivity index (χ4v) is 9.19. The van der Waals surface area contributed by atoms with Crippen LogP contribution in [-0.4, -0.2) is 87.5 Å². The summed E-state index contributed by atoms with van der Waals surface area (Å²) in [4.78, 5) is 13.1. The first-order chi connectivity index (χ1) is 37.3. The minimum atomic E-state index is -1.58. The molecule has 0 aliphatic carbocycles. The second-order valence-corrected chi connectivity index (χ2v) is 21.1. The van der Waals surface area contributed by atoms with Gasteiger partial charge in [0.2, 0.25) is 5.91 Å². The van der Waals surface area contributed by atoms with Crippen molar-refractivity contribution in [3.05, 3.63) is 109 Å². The van der Waals surface area contributed by atoms with E-state index in [1.165, 1.54) is 141 Å². The molecule has 0 aromatic heterocycles. The van der Waals surface area contributed by atoms with Crippen molar-refractivity contribution in [2.45, 2.75) is 294 Å². The van der Waals surface area contributed by atoms with E-state index in [2.05, 4.69) is 116 Å². The van der Waals surface area contributed by atoms with Crippen LogP contribution in [0.15, 0.2) is 109 Å². The number of carbonyl (C=O) groups is 1. The Balaban J connectivity index is 2.17. The molecule has 0 spiro atoms. The lowest BCUT2D eigenvalue weighted by atomic mass is 9.99. The largest absolute Gasteiger partial charge is 0.394 e. The number of ether oxygens (including phenoxy) is 2. The Morgan fingerprint density at radius 3 is 1.26 bits per heavy atom. The van der Waals surface area contributed by atoms with Gasteiger partial charge in [0.25, 0.3) is 0 Å². The summed E-state index contributed by atoms with van der Waals surface area (Å²) in [5.41, 5.74) is 0. The topological polar surface area (TPSA) is 149 Å². The van der Waals surface area contributed by atoms with Crippen LogP contribution in [0.1, 0.15) is 251 Å². The van der Waals surface area contributed by atoms with Gasteiger partial charge in [0, 0.05) is 6.42 Å². The van der Waals surface area contributed by atoms with Crippen LogP contribution in [0.4, 0.5) is 0 Å². The smallest absolute Gasteiger partial charge is 0.220 e. The predicted molar refractivity (Wildman–Crippen MR) is 322 cm³/mol. The second kappa shape index (κ2) is 55.2. The van der Waals surface area contributed by atoms with E-state index in [1.807, 2.05) is 6.08 Å². The molecule has 0 bridgehead atoms. The molecule has 7 atom stereocenters. The Bertz CT molecular complexity index is 1560. The maximum Gasteiger partial charge on any atom is 0.220 e. The quantitative estimate of drug-likeness (QED) is 0.0261. The van der Waals surface area contributed by atoms with Crippen LogP contribution in [0.3, 0.4) is 0 Å². The lowest BCUT2D eigenvalue weighted by Gasteiger charge is -2.40. The molecule has 0 aromatic carbocycles. The van der Waals surface area contributed by atoms with Crippen molar-refractivity contribution in [3.63, 3.8) is 0 Å². The van der Waals surface area contributed by atoms with Gasteiger partial charge in [-0.3, -0.25) is 4.79 Å². The first-order valence-corrected chi connectivity index (χ1v) is 31.1. The van der Waals surface area contributed by atoms with Crippen molar-refractivity contribution in [3.8, 4) is 0 Å². The van der Waals surface area contributed by atoms with E-state index in [0.29, 0.717) is 6.42 Å². The molecule has 1 amide bonds. The highest BCUT2D eigenvalue weighted by Crippen LogP contribution is 2.23. The van der Waals surface area contributed by atoms with Crippen LogP contribution in [-0.2, 0) is 14.3 Å². The van der Waals surface area contributed by atoms with E-state index in [1.54, 1.807) is 6.08 Å². The van der Waals surface area contributed by atoms with Crippen LogP contribution < -0.4 is 5.32 Å². The molecule has 0 radical (unpaired) electrons. The van der Waals surface area contributed by atoms with Gasteiger partial charge in [-0.15, -0.1) is 0 Å². The standard InChI is InChI=1S/C67H115NO8/c1-3-5-7-9-11-13-15-17-19-21-23-24-25-26-27-28-29-30-31-32-33-34-35-36-37-38-39-41-43-45-47-49-51-53-55-57-63(71)68-60(59-75-67-66(74)65(73)64(72)62(58-69)76-67)61(70)56-54-52-50-48-46-44-42-40-22-20-18-16-14-12-10-8-6-4-2/h5,7,11,13,17,19,22-24,26-27,29-30,40,46,48,54,56,60-62,64-67,69-70,72-74H,3-4,6,8-10,12,14-16,18,20-21,25,28,31-39,41-45,47,49-53,55,57-59H2,1-2H3,(H,68,71)/b7-5-,13-11-,19-17-,24-23-,27-26-,30-29-,40-22+,48-46+,56-54+. The third kappa shape index (κ3) is 43.8. The van der Waals surface area contributed by atoms with Gasteiger partial charge < -0.3 is 40.3 Å². The van der Waals surface area contributed by atoms with Crippen LogP contribution >= 0.6 is 0 Å². The normalized spacial score (nSPS) is 19.6. The van der Waals surface area contributed by atoms with Crippen LogP contribution in [0, 0.1) is 0 Å². The second-order valence-electron chi connectivity index (χ2n) is 21.1. The first kappa shape index (κ1) is 70.9. The summed E-state index contributed by atoms with van der Waals surface area (Å²) in [6.07, 6.45) is 74.5. The maximum atomic E-state index is 13.1. The zero-order valence-electron chi connectivity index (χ0n) is 48.5. The maximum absolute atomic E-state index is 13.1. The van der Waals surface area contributed by atoms with Crippen molar-refractivity contribution in [2.75, 3.05) is 13.2 Å². The van der Waals surface area contributed by atoms with Gasteiger partial charge in [0.05, 0.1) is 25.4 Å². The van der Waals surface area contributed by atoms with Gasteiger partial charge in [0.1, 0.15) is 24.4 Å². The van der Waals surface area contributed by atoms with Gasteiger partial charge in [-0.2, -0.15) is 0 Å². The van der Waals surface area contributed by atoms with Gasteiger partial charge in [-0.05, 0) is 96.3 Å². The Morgan fingerprint density at radius 1 is 0.461 bits per heavy atom. The predicted octanol–water partition coefficient (Wildman–Crippen LogP) is 16.1. The fraction of sp³-hybridized carbons (Fsp3) is 0.716. The zero-order valence-corrected chi connectivity index (χ0v) is 48.5. The van der Waals surface area contributed by atoms with Gasteiger partial charge in [-0.25, -0.2) is 0 Å². The van der Waals surface area contributed by atoms with Gasteiger partial charge >= 0.3 is 0 Å². The summed E-state index contributed by atoms with van der Waals surface area (Å²) in [6.45, 7) is 3.64. The summed E-state index contributed by atoms with van der Waals surface area (Å²) in [5, 5.41) is 54.5. The minimum Gasteiger partial charge on any atom is -0.394 e. The summed E-state index contributed by atoms with van der Waals surface area (Å²) in [7, 11) is 0. The molecule has 76 heavy (non-hydrogen) atoms. The number of carbonyl (C=O) groups excluding carboxylic acids is 1. The number of rotatable bonds is 52. The molecule has 1 rings (SSSR count). The lowest BCUT2D eigenvalue weighted by Crippen LogP contribution is -2.60. The summed E-state index contributed by atoms with van der Waals surface area (Å²) >= 11 is 0. The third-order valence-corrected chi connectivity index (χ3v) is 14.1. The monoisotopic (exact) mass is 1060 g/mol. The Kier molecular flexibility index (Phi) is 51.4. The zero-order chi connectivity index (χ0) is 55.0. The number of nitrogens with one attached hydrogen (secondary N) is 1. The molecule has 1 saturated heterocycles. The number of aliphatic hydroxyl groups is 5. The van der Waals surface area contributed by atoms with Crippen molar-refractivity contribution in [1.82, 2.24) is 5.32 Å². The molecular weight excluding hydrogens is 947 g/mol. The highest BCUT2D eigenvalue weighted by Gasteiger charge is 2.44. The van der Waals surface area contributed by atoms with E-state index < -0.39 is 49.5 Å². The molecule has 1 aliphatic heterocycles. The molecule has 9 heteroatoms. The van der Waals surface area contributed by atoms with E-state index in [4.69, 9.17) is 9.47 Å². The van der Waals surface area contributed by atoms with E-state index in [-0.39, 0.29) is 12.5 Å². The molecular formula is C67H115NO8. The molecule has 9 nitrogen and oxygen atoms in total. The number of aliphatic hydroxyl groups excluding tert-OH is 5. The summed E-state index contributed by atoms with van der Waals surface area (Å²) in [6, 6.07) is -0.834. The van der Waals surface area contributed by atoms with E-state index in [0.717, 1.165) is 89.9 Å². The van der Waals surface area contributed by atoms with Gasteiger partial charge in [-0.1, -0.05) is 258 Å². The molecule has 0 saturated carbocycles. The van der Waals surface area contributed by atoms with Gasteiger partial charge in [0.15, 0.2) is 6.29 Å². The summed E-state index contributed by atoms with van der Waals surface area (Å²) < 4.78 is 11.3. The molecule has 0 aromatic rings. The lowest BCUT2D eigenvalue weighted by molar-refractivity contribution is -0.302. The summed E-state index contributed by atoms with van der Waals surface area (Å²) in [5.74, 6) is -0.193. The molecule has 6 N–H and O–H groups in total. The van der Waals surface area contributed by atoms with Crippen LogP contribution in [0.5, 0.6) is 0 Å². The molecule has 1 aliphatic rings. The van der Waals surface area contributed by atoms with Crippen molar-refractivity contribution in [2.24, 2.45) is 0 Å². The minimum absolute atomic E-state index is 0.193. The van der Waals surface area contributed by atoms with Crippen molar-refractivity contribution < 1.29 is 39.8 Å². The third-order valence-electron chi connectivity index (χ3n) is 14.1. The van der Waals surface area contributed by atoms with Crippen LogP contribution in [0.25, 0.3) is 0 Å². The average Bonchev–Trinajstić information content (AvgIpc) is 3.42. The Labute approximate surface area is 466 Å².